The van der Waals surface area contributed by atoms with Crippen molar-refractivity contribution >= 4 is 44.4 Å². The Balaban J connectivity index is 1.60. The molecule has 6 nitrogen and oxygen atoms in total. The fraction of sp³-hybridized carbons (Fsp3) is 0.103. The second-order valence-corrected chi connectivity index (χ2v) is 12.4. The molecule has 0 aliphatic heterocycles. The number of anilines is 1. The lowest BCUT2D eigenvalue weighted by Gasteiger charge is -2.18. The van der Waals surface area contributed by atoms with Crippen molar-refractivity contribution in [2.75, 3.05) is 18.2 Å². The molecule has 0 aliphatic rings. The summed E-state index contributed by atoms with van der Waals surface area (Å²) in [5, 5.41) is 5.19. The Morgan fingerprint density at radius 3 is 2.37 bits per heavy atom. The van der Waals surface area contributed by atoms with Crippen molar-refractivity contribution in [3.63, 3.8) is 0 Å². The molecule has 5 aromatic rings. The van der Waals surface area contributed by atoms with E-state index in [1.54, 1.807) is 47.0 Å². The summed E-state index contributed by atoms with van der Waals surface area (Å²) in [5.74, 6) is -0.246. The summed E-state index contributed by atoms with van der Waals surface area (Å²) in [6.45, 7) is 1.96. The summed E-state index contributed by atoms with van der Waals surface area (Å²) < 4.78 is 25.8. The van der Waals surface area contributed by atoms with Crippen LogP contribution in [0, 0.1) is 6.92 Å². The van der Waals surface area contributed by atoms with Crippen LogP contribution in [0.25, 0.3) is 26.7 Å². The van der Waals surface area contributed by atoms with Gasteiger partial charge in [0.1, 0.15) is 0 Å². The number of sulfone groups is 1. The van der Waals surface area contributed by atoms with E-state index in [-0.39, 0.29) is 16.5 Å². The molecule has 0 unspecified atom stereocenters. The molecule has 9 heteroatoms. The Morgan fingerprint density at radius 2 is 1.63 bits per heavy atom. The number of amides is 1. The topological polar surface area (TPSA) is 72.3 Å². The number of aromatic nitrogens is 2. The molecule has 2 heterocycles. The van der Waals surface area contributed by atoms with Crippen LogP contribution in [0.2, 0.25) is 5.02 Å². The van der Waals surface area contributed by atoms with Crippen LogP contribution in [-0.4, -0.2) is 37.4 Å². The summed E-state index contributed by atoms with van der Waals surface area (Å²) in [5.41, 5.74) is 4.21. The van der Waals surface area contributed by atoms with Crippen LogP contribution in [0.4, 0.5) is 5.69 Å². The quantitative estimate of drug-likeness (QED) is 0.226. The van der Waals surface area contributed by atoms with E-state index < -0.39 is 9.84 Å². The van der Waals surface area contributed by atoms with Crippen molar-refractivity contribution < 1.29 is 13.2 Å². The maximum absolute atomic E-state index is 13.5. The summed E-state index contributed by atoms with van der Waals surface area (Å²) >= 11 is 8.02. The average molecular weight is 562 g/mol. The second-order valence-electron chi connectivity index (χ2n) is 8.89. The molecule has 0 radical (unpaired) electrons. The van der Waals surface area contributed by atoms with Gasteiger partial charge in [0.15, 0.2) is 15.5 Å². The summed E-state index contributed by atoms with van der Waals surface area (Å²) in [7, 11) is -1.60. The van der Waals surface area contributed by atoms with Crippen molar-refractivity contribution in [3.05, 3.63) is 107 Å². The van der Waals surface area contributed by atoms with Gasteiger partial charge in [-0.3, -0.25) is 4.79 Å². The van der Waals surface area contributed by atoms with Crippen LogP contribution in [0.5, 0.6) is 0 Å². The minimum Gasteiger partial charge on any atom is -0.310 e. The Bertz CT molecular complexity index is 1770. The smallest absolute Gasteiger partial charge is 0.278 e. The number of thiophene rings is 1. The van der Waals surface area contributed by atoms with E-state index >= 15 is 0 Å². The zero-order valence-electron chi connectivity index (χ0n) is 20.9. The number of aryl methyl sites for hydroxylation is 1. The van der Waals surface area contributed by atoms with Crippen molar-refractivity contribution in [2.45, 2.75) is 11.8 Å². The van der Waals surface area contributed by atoms with E-state index in [0.29, 0.717) is 16.4 Å². The lowest BCUT2D eigenvalue weighted by atomic mass is 10.2. The number of carbonyl (C=O) groups excluding carboxylic acids is 1. The van der Waals surface area contributed by atoms with Gasteiger partial charge >= 0.3 is 0 Å². The molecular formula is C29H24ClN3O3S2. The molecule has 0 fully saturated rings. The molecule has 0 N–H and O–H groups in total. The molecular weight excluding hydrogens is 538 g/mol. The molecule has 0 bridgehead atoms. The second kappa shape index (κ2) is 10.2. The first-order valence-corrected chi connectivity index (χ1v) is 14.8. The van der Waals surface area contributed by atoms with E-state index in [4.69, 9.17) is 16.7 Å². The van der Waals surface area contributed by atoms with Gasteiger partial charge in [0, 0.05) is 23.9 Å². The zero-order valence-corrected chi connectivity index (χ0v) is 23.3. The first-order chi connectivity index (χ1) is 18.1. The highest BCUT2D eigenvalue weighted by Gasteiger charge is 2.23. The van der Waals surface area contributed by atoms with Gasteiger partial charge in [-0.1, -0.05) is 54.1 Å². The molecule has 1 amide bonds. The van der Waals surface area contributed by atoms with Crippen LogP contribution in [-0.2, 0) is 9.84 Å². The van der Waals surface area contributed by atoms with Crippen molar-refractivity contribution in [1.29, 1.82) is 0 Å². The monoisotopic (exact) mass is 561 g/mol. The largest absolute Gasteiger partial charge is 0.310 e. The van der Waals surface area contributed by atoms with Crippen LogP contribution in [0.1, 0.15) is 16.1 Å². The van der Waals surface area contributed by atoms with Gasteiger partial charge in [0.2, 0.25) is 0 Å². The number of benzene rings is 3. The van der Waals surface area contributed by atoms with Gasteiger partial charge in [-0.25, -0.2) is 13.1 Å². The summed E-state index contributed by atoms with van der Waals surface area (Å²) in [4.78, 5) is 17.1. The average Bonchev–Trinajstić information content (AvgIpc) is 3.56. The van der Waals surface area contributed by atoms with Crippen LogP contribution < -0.4 is 4.90 Å². The number of rotatable bonds is 6. The number of nitrogens with zero attached hydrogens (tertiary/aromatic N) is 3. The number of carbonyl (C=O) groups is 1. The van der Waals surface area contributed by atoms with E-state index in [9.17, 15) is 13.2 Å². The van der Waals surface area contributed by atoms with Crippen LogP contribution in [0.3, 0.4) is 0 Å². The molecule has 0 saturated heterocycles. The molecule has 2 aromatic heterocycles. The molecule has 0 spiro atoms. The Labute approximate surface area is 230 Å². The molecule has 0 atom stereocenters. The minimum absolute atomic E-state index is 0.246. The minimum atomic E-state index is -3.33. The highest BCUT2D eigenvalue weighted by Crippen LogP contribution is 2.37. The summed E-state index contributed by atoms with van der Waals surface area (Å²) in [6.07, 6.45) is 1.20. The van der Waals surface area contributed by atoms with E-state index in [1.807, 2.05) is 67.6 Å². The Hall–Kier alpha value is -3.72. The SMILES string of the molecule is Cc1ccccc1N(C)C(=O)c1cc(-c2ccc(-c3cccc(S(C)(=O)=O)c3)s2)n(-c2ccccc2Cl)n1. The van der Waals surface area contributed by atoms with Crippen molar-refractivity contribution in [1.82, 2.24) is 9.78 Å². The molecule has 0 aliphatic carbocycles. The Kier molecular flexibility index (Phi) is 6.96. The fourth-order valence-corrected chi connectivity index (χ4v) is 6.09. The maximum Gasteiger partial charge on any atom is 0.278 e. The molecule has 3 aromatic carbocycles. The third-order valence-corrected chi connectivity index (χ3v) is 8.78. The molecule has 5 rings (SSSR count). The fourth-order valence-electron chi connectivity index (χ4n) is 4.20. The lowest BCUT2D eigenvalue weighted by molar-refractivity contribution is 0.0987. The summed E-state index contributed by atoms with van der Waals surface area (Å²) in [6, 6.07) is 27.5. The van der Waals surface area contributed by atoms with Crippen molar-refractivity contribution in [3.8, 4) is 26.7 Å². The third-order valence-electron chi connectivity index (χ3n) is 6.20. The van der Waals surface area contributed by atoms with E-state index in [1.165, 1.54) is 17.6 Å². The van der Waals surface area contributed by atoms with Gasteiger partial charge in [0.05, 0.1) is 26.2 Å². The number of hydrogen-bond donors (Lipinski definition) is 0. The van der Waals surface area contributed by atoms with Gasteiger partial charge < -0.3 is 4.90 Å². The molecule has 38 heavy (non-hydrogen) atoms. The van der Waals surface area contributed by atoms with Gasteiger partial charge in [0.25, 0.3) is 5.91 Å². The first kappa shape index (κ1) is 25.9. The van der Waals surface area contributed by atoms with Gasteiger partial charge in [-0.15, -0.1) is 11.3 Å². The maximum atomic E-state index is 13.5. The Morgan fingerprint density at radius 1 is 0.921 bits per heavy atom. The lowest BCUT2D eigenvalue weighted by Crippen LogP contribution is -2.27. The zero-order chi connectivity index (χ0) is 27.0. The first-order valence-electron chi connectivity index (χ1n) is 11.7. The number of para-hydroxylation sites is 2. The predicted octanol–water partition coefficient (Wildman–Crippen LogP) is 6.91. The van der Waals surface area contributed by atoms with Crippen LogP contribution >= 0.6 is 22.9 Å². The third kappa shape index (κ3) is 5.03. The number of halogens is 1. The standard InChI is InChI=1S/C29H24ClN3O3S2/c1-19-9-4-6-13-24(19)32(2)29(34)23-18-26(33(31-23)25-14-7-5-12-22(25)30)28-16-15-27(37-28)20-10-8-11-21(17-20)38(3,35)36/h4-18H,1-3H3. The van der Waals surface area contributed by atoms with Crippen LogP contribution in [0.15, 0.2) is 95.9 Å². The van der Waals surface area contributed by atoms with E-state index in [0.717, 1.165) is 26.6 Å². The highest BCUT2D eigenvalue weighted by molar-refractivity contribution is 7.90. The number of hydrogen-bond acceptors (Lipinski definition) is 5. The van der Waals surface area contributed by atoms with Gasteiger partial charge in [-0.05, 0) is 66.6 Å². The van der Waals surface area contributed by atoms with Gasteiger partial charge in [-0.2, -0.15) is 5.10 Å². The molecule has 192 valence electrons. The van der Waals surface area contributed by atoms with Crippen molar-refractivity contribution in [2.24, 2.45) is 0 Å². The van der Waals surface area contributed by atoms with E-state index in [2.05, 4.69) is 0 Å². The normalized spacial score (nSPS) is 11.5. The predicted molar refractivity (Wildman–Crippen MR) is 154 cm³/mol. The highest BCUT2D eigenvalue weighted by atomic mass is 35.5. The molecule has 0 saturated carbocycles.